The molecule has 4 rings (SSSR count). The third kappa shape index (κ3) is 7.63. The fourth-order valence-electron chi connectivity index (χ4n) is 3.79. The number of hydrogen-bond donors (Lipinski definition) is 2. The van der Waals surface area contributed by atoms with E-state index in [-0.39, 0.29) is 12.5 Å². The Balaban J connectivity index is 1.08. The van der Waals surface area contributed by atoms with Crippen LogP contribution in [0.15, 0.2) is 63.9 Å². The van der Waals surface area contributed by atoms with Crippen LogP contribution in [0.1, 0.15) is 12.7 Å². The number of hydrogen-bond acceptors (Lipinski definition) is 7. The van der Waals surface area contributed by atoms with Crippen molar-refractivity contribution in [1.82, 2.24) is 20.7 Å². The van der Waals surface area contributed by atoms with Gasteiger partial charge in [0.05, 0.1) is 11.8 Å². The summed E-state index contributed by atoms with van der Waals surface area (Å²) in [4.78, 5) is 29.7. The standard InChI is InChI=1S/C25H29ClN4O4S/c1-18(35-22-8-6-20(26)7-9-22)24(31)27-28-25(32)33-15-14-29-10-12-30(13-11-29)17-21-16-19-4-2-3-5-23(19)34-21/h2-9,16,18H,10-15,17H2,1H3,(H,27,31)(H,28,32). The number of fused-ring (bicyclic) bond motifs is 1. The van der Waals surface area contributed by atoms with E-state index in [9.17, 15) is 9.59 Å². The van der Waals surface area contributed by atoms with Crippen LogP contribution in [0, 0.1) is 0 Å². The predicted molar refractivity (Wildman–Crippen MR) is 137 cm³/mol. The van der Waals surface area contributed by atoms with Gasteiger partial charge in [0.25, 0.3) is 5.91 Å². The summed E-state index contributed by atoms with van der Waals surface area (Å²) < 4.78 is 11.1. The second-order valence-electron chi connectivity index (χ2n) is 8.33. The highest BCUT2D eigenvalue weighted by molar-refractivity contribution is 8.00. The fraction of sp³-hybridized carbons (Fsp3) is 0.360. The minimum Gasteiger partial charge on any atom is -0.460 e. The molecule has 186 valence electrons. The highest BCUT2D eigenvalue weighted by Crippen LogP contribution is 2.24. The Kier molecular flexibility index (Phi) is 8.92. The summed E-state index contributed by atoms with van der Waals surface area (Å²) in [5, 5.41) is 1.37. The van der Waals surface area contributed by atoms with Gasteiger partial charge in [0, 0.05) is 48.0 Å². The van der Waals surface area contributed by atoms with E-state index < -0.39 is 11.3 Å². The topological polar surface area (TPSA) is 87.0 Å². The Morgan fingerprint density at radius 2 is 1.77 bits per heavy atom. The molecule has 0 radical (unpaired) electrons. The van der Waals surface area contributed by atoms with Gasteiger partial charge in [-0.15, -0.1) is 11.8 Å². The van der Waals surface area contributed by atoms with Gasteiger partial charge in [0.1, 0.15) is 18.0 Å². The maximum atomic E-state index is 12.2. The molecule has 1 aliphatic heterocycles. The van der Waals surface area contributed by atoms with Crippen LogP contribution in [0.25, 0.3) is 11.0 Å². The lowest BCUT2D eigenvalue weighted by molar-refractivity contribution is -0.121. The van der Waals surface area contributed by atoms with Crippen molar-refractivity contribution in [3.05, 3.63) is 65.4 Å². The van der Waals surface area contributed by atoms with Crippen molar-refractivity contribution >= 4 is 46.3 Å². The number of rotatable bonds is 8. The lowest BCUT2D eigenvalue weighted by Crippen LogP contribution is -2.48. The molecule has 1 aliphatic rings. The van der Waals surface area contributed by atoms with Gasteiger partial charge in [-0.05, 0) is 43.3 Å². The summed E-state index contributed by atoms with van der Waals surface area (Å²) in [5.74, 6) is 0.657. The number of furan rings is 1. The number of para-hydroxylation sites is 1. The zero-order valence-corrected chi connectivity index (χ0v) is 21.1. The zero-order chi connectivity index (χ0) is 24.6. The van der Waals surface area contributed by atoms with Gasteiger partial charge in [0.15, 0.2) is 0 Å². The van der Waals surface area contributed by atoms with E-state index in [0.717, 1.165) is 54.3 Å². The Morgan fingerprint density at radius 1 is 1.06 bits per heavy atom. The minimum absolute atomic E-state index is 0.250. The molecule has 0 saturated carbocycles. The molecule has 8 nitrogen and oxygen atoms in total. The Morgan fingerprint density at radius 3 is 2.51 bits per heavy atom. The highest BCUT2D eigenvalue weighted by Gasteiger charge is 2.19. The smallest absolute Gasteiger partial charge is 0.426 e. The molecule has 0 aliphatic carbocycles. The van der Waals surface area contributed by atoms with E-state index in [4.69, 9.17) is 20.8 Å². The van der Waals surface area contributed by atoms with Crippen molar-refractivity contribution < 1.29 is 18.7 Å². The van der Waals surface area contributed by atoms with Gasteiger partial charge in [-0.25, -0.2) is 10.2 Å². The van der Waals surface area contributed by atoms with Gasteiger partial charge in [0.2, 0.25) is 0 Å². The van der Waals surface area contributed by atoms with Crippen molar-refractivity contribution in [3.8, 4) is 0 Å². The lowest BCUT2D eigenvalue weighted by Gasteiger charge is -2.33. The number of ether oxygens (including phenoxy) is 1. The summed E-state index contributed by atoms with van der Waals surface area (Å²) in [6.45, 7) is 7.06. The van der Waals surface area contributed by atoms with Crippen molar-refractivity contribution in [1.29, 1.82) is 0 Å². The van der Waals surface area contributed by atoms with Crippen molar-refractivity contribution in [3.63, 3.8) is 0 Å². The number of hydrazine groups is 1. The number of piperazine rings is 1. The summed E-state index contributed by atoms with van der Waals surface area (Å²) in [5.41, 5.74) is 5.63. The molecule has 35 heavy (non-hydrogen) atoms. The molecule has 2 amide bonds. The number of nitrogens with one attached hydrogen (secondary N) is 2. The first-order chi connectivity index (χ1) is 17.0. The van der Waals surface area contributed by atoms with Crippen LogP contribution in [0.2, 0.25) is 5.02 Å². The number of benzene rings is 2. The van der Waals surface area contributed by atoms with E-state index in [1.165, 1.54) is 11.8 Å². The van der Waals surface area contributed by atoms with Crippen LogP contribution in [-0.4, -0.2) is 66.4 Å². The monoisotopic (exact) mass is 516 g/mol. The maximum absolute atomic E-state index is 12.2. The quantitative estimate of drug-likeness (QED) is 0.343. The Hall–Kier alpha value is -2.72. The van der Waals surface area contributed by atoms with Crippen molar-refractivity contribution in [2.45, 2.75) is 23.6 Å². The average Bonchev–Trinajstić information content (AvgIpc) is 3.27. The van der Waals surface area contributed by atoms with Crippen LogP contribution in [-0.2, 0) is 16.1 Å². The van der Waals surface area contributed by atoms with Crippen LogP contribution in [0.4, 0.5) is 4.79 Å². The van der Waals surface area contributed by atoms with E-state index in [1.54, 1.807) is 19.1 Å². The molecule has 1 fully saturated rings. The SMILES string of the molecule is CC(Sc1ccc(Cl)cc1)C(=O)NNC(=O)OCCN1CCN(Cc2cc3ccccc3o2)CC1. The summed E-state index contributed by atoms with van der Waals surface area (Å²) >= 11 is 7.25. The first kappa shape index (κ1) is 25.4. The van der Waals surface area contributed by atoms with E-state index in [0.29, 0.717) is 11.6 Å². The van der Waals surface area contributed by atoms with Gasteiger partial charge in [-0.1, -0.05) is 29.8 Å². The summed E-state index contributed by atoms with van der Waals surface area (Å²) in [6.07, 6.45) is -0.675. The molecule has 1 saturated heterocycles. The predicted octanol–water partition coefficient (Wildman–Crippen LogP) is 4.14. The van der Waals surface area contributed by atoms with Crippen molar-refractivity contribution in [2.75, 3.05) is 39.3 Å². The second kappa shape index (κ2) is 12.3. The molecule has 1 atom stereocenters. The van der Waals surface area contributed by atoms with Crippen LogP contribution in [0.3, 0.4) is 0 Å². The Bertz CT molecular complexity index is 1100. The number of carbonyl (C=O) groups is 2. The molecule has 1 unspecified atom stereocenters. The first-order valence-corrected chi connectivity index (χ1v) is 12.8. The molecular formula is C25H29ClN4O4S. The number of carbonyl (C=O) groups excluding carboxylic acids is 2. The summed E-state index contributed by atoms with van der Waals surface area (Å²) in [6, 6.07) is 17.4. The molecule has 1 aromatic heterocycles. The third-order valence-electron chi connectivity index (χ3n) is 5.75. The molecule has 0 bridgehead atoms. The van der Waals surface area contributed by atoms with Crippen molar-refractivity contribution in [2.24, 2.45) is 0 Å². The fourth-order valence-corrected chi connectivity index (χ4v) is 4.79. The minimum atomic E-state index is -0.675. The second-order valence-corrected chi connectivity index (χ2v) is 10.2. The molecule has 2 aromatic carbocycles. The number of amides is 2. The highest BCUT2D eigenvalue weighted by atomic mass is 35.5. The molecule has 0 spiro atoms. The number of thioether (sulfide) groups is 1. The van der Waals surface area contributed by atoms with Gasteiger partial charge in [-0.2, -0.15) is 0 Å². The van der Waals surface area contributed by atoms with Crippen LogP contribution < -0.4 is 10.9 Å². The van der Waals surface area contributed by atoms with E-state index in [1.807, 2.05) is 30.3 Å². The largest absolute Gasteiger partial charge is 0.460 e. The number of nitrogens with zero attached hydrogens (tertiary/aromatic N) is 2. The first-order valence-electron chi connectivity index (χ1n) is 11.5. The molecular weight excluding hydrogens is 488 g/mol. The van der Waals surface area contributed by atoms with Gasteiger partial charge in [-0.3, -0.25) is 20.0 Å². The van der Waals surface area contributed by atoms with E-state index in [2.05, 4.69) is 32.8 Å². The normalized spacial score (nSPS) is 15.6. The Labute approximate surface area is 213 Å². The van der Waals surface area contributed by atoms with Crippen LogP contribution in [0.5, 0.6) is 0 Å². The third-order valence-corrected chi connectivity index (χ3v) is 7.11. The molecule has 2 N–H and O–H groups in total. The van der Waals surface area contributed by atoms with E-state index >= 15 is 0 Å². The molecule has 2 heterocycles. The average molecular weight is 517 g/mol. The lowest BCUT2D eigenvalue weighted by atomic mass is 10.2. The van der Waals surface area contributed by atoms with Crippen LogP contribution >= 0.6 is 23.4 Å². The summed E-state index contributed by atoms with van der Waals surface area (Å²) in [7, 11) is 0. The zero-order valence-electron chi connectivity index (χ0n) is 19.5. The maximum Gasteiger partial charge on any atom is 0.426 e. The number of halogens is 1. The van der Waals surface area contributed by atoms with Gasteiger partial charge >= 0.3 is 6.09 Å². The molecule has 10 heteroatoms. The van der Waals surface area contributed by atoms with Gasteiger partial charge < -0.3 is 9.15 Å². The molecule has 3 aromatic rings.